The minimum Gasteiger partial charge on any atom is -0.399 e. The number of amides is 1. The first-order valence-corrected chi connectivity index (χ1v) is 5.81. The van der Waals surface area contributed by atoms with Crippen molar-refractivity contribution < 1.29 is 4.79 Å². The highest BCUT2D eigenvalue weighted by molar-refractivity contribution is 6.33. The van der Waals surface area contributed by atoms with Crippen LogP contribution in [0.3, 0.4) is 0 Å². The van der Waals surface area contributed by atoms with E-state index in [0.717, 1.165) is 12.8 Å². The number of nitrogens with one attached hydrogen (secondary N) is 1. The number of anilines is 2. The summed E-state index contributed by atoms with van der Waals surface area (Å²) < 4.78 is 0. The van der Waals surface area contributed by atoms with Crippen LogP contribution in [0.2, 0.25) is 5.02 Å². The van der Waals surface area contributed by atoms with Gasteiger partial charge in [-0.1, -0.05) is 18.5 Å². The molecule has 1 aliphatic rings. The summed E-state index contributed by atoms with van der Waals surface area (Å²) >= 11 is 5.97. The van der Waals surface area contributed by atoms with E-state index in [2.05, 4.69) is 5.32 Å². The van der Waals surface area contributed by atoms with Crippen LogP contribution in [-0.2, 0) is 4.79 Å². The lowest BCUT2D eigenvalue weighted by atomic mass is 10.1. The van der Waals surface area contributed by atoms with Gasteiger partial charge in [0.2, 0.25) is 5.91 Å². The summed E-state index contributed by atoms with van der Waals surface area (Å²) in [5.41, 5.74) is 6.83. The van der Waals surface area contributed by atoms with Crippen molar-refractivity contribution in [1.82, 2.24) is 0 Å². The molecule has 0 heterocycles. The fourth-order valence-corrected chi connectivity index (χ4v) is 1.86. The molecular formula is C12H15ClN2O. The molecule has 1 aliphatic carbocycles. The Bertz CT molecular complexity index is 415. The van der Waals surface area contributed by atoms with Crippen molar-refractivity contribution in [2.24, 2.45) is 11.8 Å². The third-order valence-corrected chi connectivity index (χ3v) is 3.32. The summed E-state index contributed by atoms with van der Waals surface area (Å²) in [6.07, 6.45) is 2.30. The molecule has 1 saturated carbocycles. The van der Waals surface area contributed by atoms with Crippen molar-refractivity contribution >= 4 is 28.9 Å². The summed E-state index contributed by atoms with van der Waals surface area (Å²) in [6.45, 7) is 1.95. The standard InChI is InChI=1S/C12H15ClN2O/c1-7(8-2-3-8)12(16)15-11-6-9(14)4-5-10(11)13/h4-8H,2-3,14H2,1H3,(H,15,16). The van der Waals surface area contributed by atoms with Gasteiger partial charge in [0.1, 0.15) is 0 Å². The van der Waals surface area contributed by atoms with Crippen molar-refractivity contribution in [2.45, 2.75) is 19.8 Å². The molecule has 0 spiro atoms. The van der Waals surface area contributed by atoms with Crippen molar-refractivity contribution in [2.75, 3.05) is 11.1 Å². The fourth-order valence-electron chi connectivity index (χ4n) is 1.70. The average molecular weight is 239 g/mol. The molecule has 1 fully saturated rings. The van der Waals surface area contributed by atoms with Crippen molar-refractivity contribution in [3.8, 4) is 0 Å². The molecular weight excluding hydrogens is 224 g/mol. The van der Waals surface area contributed by atoms with Crippen LogP contribution in [-0.4, -0.2) is 5.91 Å². The average Bonchev–Trinajstić information content (AvgIpc) is 3.06. The van der Waals surface area contributed by atoms with Gasteiger partial charge in [-0.25, -0.2) is 0 Å². The van der Waals surface area contributed by atoms with Gasteiger partial charge in [0.25, 0.3) is 0 Å². The highest BCUT2D eigenvalue weighted by Gasteiger charge is 2.32. The monoisotopic (exact) mass is 238 g/mol. The minimum atomic E-state index is 0.0231. The van der Waals surface area contributed by atoms with E-state index >= 15 is 0 Å². The number of carbonyl (C=O) groups is 1. The number of halogens is 1. The number of hydrogen-bond donors (Lipinski definition) is 2. The molecule has 0 aliphatic heterocycles. The van der Waals surface area contributed by atoms with E-state index in [4.69, 9.17) is 17.3 Å². The van der Waals surface area contributed by atoms with Crippen LogP contribution in [0.1, 0.15) is 19.8 Å². The number of nitrogen functional groups attached to an aromatic ring is 1. The molecule has 0 saturated heterocycles. The van der Waals surface area contributed by atoms with Gasteiger partial charge >= 0.3 is 0 Å². The number of hydrogen-bond acceptors (Lipinski definition) is 2. The zero-order chi connectivity index (χ0) is 11.7. The Morgan fingerprint density at radius 3 is 2.88 bits per heavy atom. The van der Waals surface area contributed by atoms with Crippen LogP contribution in [0.15, 0.2) is 18.2 Å². The van der Waals surface area contributed by atoms with Crippen LogP contribution in [0.25, 0.3) is 0 Å². The topological polar surface area (TPSA) is 55.1 Å². The van der Waals surface area contributed by atoms with Crippen LogP contribution >= 0.6 is 11.6 Å². The van der Waals surface area contributed by atoms with Crippen LogP contribution in [0.4, 0.5) is 11.4 Å². The second-order valence-electron chi connectivity index (χ2n) is 4.35. The summed E-state index contributed by atoms with van der Waals surface area (Å²) in [5, 5.41) is 3.34. The first kappa shape index (κ1) is 11.3. The van der Waals surface area contributed by atoms with E-state index in [-0.39, 0.29) is 11.8 Å². The first-order chi connectivity index (χ1) is 7.58. The summed E-state index contributed by atoms with van der Waals surface area (Å²) in [7, 11) is 0. The highest BCUT2D eigenvalue weighted by Crippen LogP contribution is 2.37. The van der Waals surface area contributed by atoms with E-state index < -0.39 is 0 Å². The molecule has 0 bridgehead atoms. The Balaban J connectivity index is 2.07. The van der Waals surface area contributed by atoms with Crippen molar-refractivity contribution in [3.05, 3.63) is 23.2 Å². The quantitative estimate of drug-likeness (QED) is 0.796. The summed E-state index contributed by atoms with van der Waals surface area (Å²) in [4.78, 5) is 11.8. The van der Waals surface area contributed by atoms with Crippen LogP contribution in [0.5, 0.6) is 0 Å². The molecule has 1 amide bonds. The van der Waals surface area contributed by atoms with Gasteiger partial charge < -0.3 is 11.1 Å². The molecule has 1 aromatic carbocycles. The zero-order valence-corrected chi connectivity index (χ0v) is 9.92. The molecule has 3 N–H and O–H groups in total. The number of nitrogens with two attached hydrogens (primary N) is 1. The van der Waals surface area contributed by atoms with E-state index in [1.165, 1.54) is 0 Å². The number of carbonyl (C=O) groups excluding carboxylic acids is 1. The summed E-state index contributed by atoms with van der Waals surface area (Å²) in [6, 6.07) is 5.08. The number of rotatable bonds is 3. The van der Waals surface area contributed by atoms with Crippen molar-refractivity contribution in [1.29, 1.82) is 0 Å². The van der Waals surface area contributed by atoms with Gasteiger partial charge in [0, 0.05) is 11.6 Å². The number of benzene rings is 1. The third kappa shape index (κ3) is 2.47. The van der Waals surface area contributed by atoms with Crippen LogP contribution < -0.4 is 11.1 Å². The predicted molar refractivity (Wildman–Crippen MR) is 66.4 cm³/mol. The molecule has 1 atom stereocenters. The maximum Gasteiger partial charge on any atom is 0.227 e. The second-order valence-corrected chi connectivity index (χ2v) is 4.76. The van der Waals surface area contributed by atoms with E-state index in [1.807, 2.05) is 6.92 Å². The molecule has 86 valence electrons. The lowest BCUT2D eigenvalue weighted by molar-refractivity contribution is -0.119. The largest absolute Gasteiger partial charge is 0.399 e. The predicted octanol–water partition coefficient (Wildman–Crippen LogP) is 2.91. The Morgan fingerprint density at radius 2 is 2.25 bits per heavy atom. The lowest BCUT2D eigenvalue weighted by Crippen LogP contribution is -2.22. The molecule has 0 aromatic heterocycles. The van der Waals surface area contributed by atoms with Gasteiger partial charge in [0.05, 0.1) is 10.7 Å². The van der Waals surface area contributed by atoms with Gasteiger partial charge in [-0.3, -0.25) is 4.79 Å². The van der Waals surface area contributed by atoms with Gasteiger partial charge in [-0.2, -0.15) is 0 Å². The van der Waals surface area contributed by atoms with Gasteiger partial charge in [-0.15, -0.1) is 0 Å². The smallest absolute Gasteiger partial charge is 0.227 e. The van der Waals surface area contributed by atoms with E-state index in [1.54, 1.807) is 18.2 Å². The Hall–Kier alpha value is -1.22. The maximum absolute atomic E-state index is 11.8. The van der Waals surface area contributed by atoms with Crippen LogP contribution in [0, 0.1) is 11.8 Å². The zero-order valence-electron chi connectivity index (χ0n) is 9.16. The lowest BCUT2D eigenvalue weighted by Gasteiger charge is -2.12. The fraction of sp³-hybridized carbons (Fsp3) is 0.417. The SMILES string of the molecule is CC(C(=O)Nc1cc(N)ccc1Cl)C1CC1. The highest BCUT2D eigenvalue weighted by atomic mass is 35.5. The molecule has 1 unspecified atom stereocenters. The Labute approximate surface area is 100.0 Å². The van der Waals surface area contributed by atoms with E-state index in [9.17, 15) is 4.79 Å². The van der Waals surface area contributed by atoms with Gasteiger partial charge in [-0.05, 0) is 37.0 Å². The molecule has 16 heavy (non-hydrogen) atoms. The molecule has 0 radical (unpaired) electrons. The molecule has 1 aromatic rings. The van der Waals surface area contributed by atoms with Crippen molar-refractivity contribution in [3.63, 3.8) is 0 Å². The van der Waals surface area contributed by atoms with Gasteiger partial charge in [0.15, 0.2) is 0 Å². The Morgan fingerprint density at radius 1 is 1.56 bits per heavy atom. The normalized spacial score (nSPS) is 16.9. The third-order valence-electron chi connectivity index (χ3n) is 2.99. The van der Waals surface area contributed by atoms with E-state index in [0.29, 0.717) is 22.3 Å². The molecule has 2 rings (SSSR count). The Kier molecular flexibility index (Phi) is 3.06. The molecule has 3 nitrogen and oxygen atoms in total. The maximum atomic E-state index is 11.8. The minimum absolute atomic E-state index is 0.0231. The summed E-state index contributed by atoms with van der Waals surface area (Å²) in [5.74, 6) is 0.618. The molecule has 4 heteroatoms. The first-order valence-electron chi connectivity index (χ1n) is 5.44. The second kappa shape index (κ2) is 4.34.